The smallest absolute Gasteiger partial charge is 0.305 e. The molecule has 2 N–H and O–H groups in total. The Bertz CT molecular complexity index is 180. The highest BCUT2D eigenvalue weighted by Gasteiger charge is 2.10. The number of carbonyl (C=O) groups is 1. The second-order valence-corrected chi connectivity index (χ2v) is 4.19. The average Bonchev–Trinajstić information content (AvgIpc) is 2.32. The van der Waals surface area contributed by atoms with Crippen LogP contribution in [0.5, 0.6) is 0 Å². The van der Waals surface area contributed by atoms with E-state index in [2.05, 4.69) is 6.92 Å². The molecule has 4 heteroatoms. The Kier molecular flexibility index (Phi) is 11.4. The summed E-state index contributed by atoms with van der Waals surface area (Å²) in [6.07, 6.45) is 4.67. The average molecular weight is 245 g/mol. The molecule has 0 saturated heterocycles. The van der Waals surface area contributed by atoms with Gasteiger partial charge in [-0.25, -0.2) is 0 Å². The van der Waals surface area contributed by atoms with E-state index in [4.69, 9.17) is 15.2 Å². The van der Waals surface area contributed by atoms with E-state index in [-0.39, 0.29) is 5.97 Å². The maximum absolute atomic E-state index is 11.4. The van der Waals surface area contributed by atoms with E-state index in [1.807, 2.05) is 6.92 Å². The van der Waals surface area contributed by atoms with Crippen LogP contribution in [0.2, 0.25) is 0 Å². The Labute approximate surface area is 105 Å². The lowest BCUT2D eigenvalue weighted by Gasteiger charge is -2.14. The van der Waals surface area contributed by atoms with Crippen LogP contribution in [0.15, 0.2) is 0 Å². The first-order valence-corrected chi connectivity index (χ1v) is 6.68. The normalized spacial score (nSPS) is 12.4. The zero-order chi connectivity index (χ0) is 12.9. The van der Waals surface area contributed by atoms with Crippen molar-refractivity contribution in [2.45, 2.75) is 46.0 Å². The third kappa shape index (κ3) is 10.3. The van der Waals surface area contributed by atoms with Gasteiger partial charge in [-0.15, -0.1) is 0 Å². The molecule has 0 bridgehead atoms. The van der Waals surface area contributed by atoms with Gasteiger partial charge in [-0.2, -0.15) is 0 Å². The molecule has 17 heavy (non-hydrogen) atoms. The minimum absolute atomic E-state index is 0.122. The molecule has 0 radical (unpaired) electrons. The minimum atomic E-state index is -0.122. The van der Waals surface area contributed by atoms with Crippen LogP contribution >= 0.6 is 0 Å². The summed E-state index contributed by atoms with van der Waals surface area (Å²) in [6.45, 7) is 6.29. The van der Waals surface area contributed by atoms with Crippen molar-refractivity contribution in [3.05, 3.63) is 0 Å². The molecule has 0 saturated carbocycles. The van der Waals surface area contributed by atoms with E-state index in [1.54, 1.807) is 0 Å². The van der Waals surface area contributed by atoms with Crippen molar-refractivity contribution < 1.29 is 14.3 Å². The SMILES string of the molecule is CCCC(CCN)CCC(=O)OCCOCC. The highest BCUT2D eigenvalue weighted by molar-refractivity contribution is 5.69. The lowest BCUT2D eigenvalue weighted by Crippen LogP contribution is -2.14. The van der Waals surface area contributed by atoms with Crippen LogP contribution in [0, 0.1) is 5.92 Å². The van der Waals surface area contributed by atoms with Gasteiger partial charge >= 0.3 is 5.97 Å². The summed E-state index contributed by atoms with van der Waals surface area (Å²) in [5.74, 6) is 0.437. The summed E-state index contributed by atoms with van der Waals surface area (Å²) in [6, 6.07) is 0. The fraction of sp³-hybridized carbons (Fsp3) is 0.923. The molecular formula is C13H27NO3. The first kappa shape index (κ1) is 16.4. The van der Waals surface area contributed by atoms with E-state index in [0.717, 1.165) is 25.7 Å². The molecule has 0 rings (SSSR count). The van der Waals surface area contributed by atoms with Crippen molar-refractivity contribution in [2.75, 3.05) is 26.4 Å². The number of carbonyl (C=O) groups excluding carboxylic acids is 1. The third-order valence-electron chi connectivity index (χ3n) is 2.72. The van der Waals surface area contributed by atoms with Gasteiger partial charge in [0.15, 0.2) is 0 Å². The topological polar surface area (TPSA) is 61.6 Å². The van der Waals surface area contributed by atoms with Crippen molar-refractivity contribution in [1.29, 1.82) is 0 Å². The maximum atomic E-state index is 11.4. The number of rotatable bonds is 11. The second kappa shape index (κ2) is 11.9. The van der Waals surface area contributed by atoms with Gasteiger partial charge in [0.05, 0.1) is 6.61 Å². The van der Waals surface area contributed by atoms with Crippen molar-refractivity contribution in [3.63, 3.8) is 0 Å². The molecule has 102 valence electrons. The van der Waals surface area contributed by atoms with Crippen molar-refractivity contribution in [2.24, 2.45) is 11.7 Å². The van der Waals surface area contributed by atoms with Gasteiger partial charge in [-0.1, -0.05) is 19.8 Å². The Balaban J connectivity index is 3.57. The molecule has 0 fully saturated rings. The van der Waals surface area contributed by atoms with Gasteiger partial charge < -0.3 is 15.2 Å². The summed E-state index contributed by atoms with van der Waals surface area (Å²) in [4.78, 5) is 11.4. The van der Waals surface area contributed by atoms with E-state index in [1.165, 1.54) is 0 Å². The molecule has 0 aliphatic carbocycles. The third-order valence-corrected chi connectivity index (χ3v) is 2.72. The second-order valence-electron chi connectivity index (χ2n) is 4.19. The molecule has 0 aromatic heterocycles. The molecule has 0 spiro atoms. The fourth-order valence-corrected chi connectivity index (χ4v) is 1.83. The van der Waals surface area contributed by atoms with E-state index < -0.39 is 0 Å². The molecule has 0 aromatic rings. The summed E-state index contributed by atoms with van der Waals surface area (Å²) >= 11 is 0. The molecule has 0 amide bonds. The number of hydrogen-bond donors (Lipinski definition) is 1. The van der Waals surface area contributed by atoms with Crippen LogP contribution in [0.3, 0.4) is 0 Å². The molecule has 1 unspecified atom stereocenters. The standard InChI is InChI=1S/C13H27NO3/c1-3-5-12(8-9-14)6-7-13(15)17-11-10-16-4-2/h12H,3-11,14H2,1-2H3. The van der Waals surface area contributed by atoms with Gasteiger partial charge in [0.1, 0.15) is 6.61 Å². The summed E-state index contributed by atoms with van der Waals surface area (Å²) in [5.41, 5.74) is 5.55. The van der Waals surface area contributed by atoms with Gasteiger partial charge in [-0.3, -0.25) is 4.79 Å². The van der Waals surface area contributed by atoms with E-state index in [0.29, 0.717) is 38.7 Å². The number of nitrogens with two attached hydrogens (primary N) is 1. The molecule has 0 aliphatic rings. The van der Waals surface area contributed by atoms with Crippen LogP contribution in [0.1, 0.15) is 46.0 Å². The molecule has 1 atom stereocenters. The Hall–Kier alpha value is -0.610. The Morgan fingerprint density at radius 2 is 1.94 bits per heavy atom. The molecule has 4 nitrogen and oxygen atoms in total. The van der Waals surface area contributed by atoms with Crippen molar-refractivity contribution >= 4 is 5.97 Å². The van der Waals surface area contributed by atoms with Crippen LogP contribution in [-0.4, -0.2) is 32.3 Å². The maximum Gasteiger partial charge on any atom is 0.305 e. The zero-order valence-corrected chi connectivity index (χ0v) is 11.2. The quantitative estimate of drug-likeness (QED) is 0.447. The largest absolute Gasteiger partial charge is 0.463 e. The van der Waals surface area contributed by atoms with E-state index >= 15 is 0 Å². The molecular weight excluding hydrogens is 218 g/mol. The lowest BCUT2D eigenvalue weighted by molar-refractivity contribution is -0.145. The molecule has 0 heterocycles. The zero-order valence-electron chi connectivity index (χ0n) is 11.2. The predicted molar refractivity (Wildman–Crippen MR) is 68.8 cm³/mol. The molecule has 0 aromatic carbocycles. The van der Waals surface area contributed by atoms with Crippen LogP contribution in [-0.2, 0) is 14.3 Å². The number of hydrogen-bond acceptors (Lipinski definition) is 4. The van der Waals surface area contributed by atoms with Crippen LogP contribution < -0.4 is 5.73 Å². The highest BCUT2D eigenvalue weighted by atomic mass is 16.6. The monoisotopic (exact) mass is 245 g/mol. The summed E-state index contributed by atoms with van der Waals surface area (Å²) in [5, 5.41) is 0. The summed E-state index contributed by atoms with van der Waals surface area (Å²) in [7, 11) is 0. The van der Waals surface area contributed by atoms with Gasteiger partial charge in [0, 0.05) is 13.0 Å². The van der Waals surface area contributed by atoms with Crippen LogP contribution in [0.4, 0.5) is 0 Å². The fourth-order valence-electron chi connectivity index (χ4n) is 1.83. The number of ether oxygens (including phenoxy) is 2. The minimum Gasteiger partial charge on any atom is -0.463 e. The predicted octanol–water partition coefficient (Wildman–Crippen LogP) is 2.11. The van der Waals surface area contributed by atoms with Gasteiger partial charge in [0.25, 0.3) is 0 Å². The Morgan fingerprint density at radius 3 is 2.53 bits per heavy atom. The first-order valence-electron chi connectivity index (χ1n) is 6.68. The highest BCUT2D eigenvalue weighted by Crippen LogP contribution is 2.17. The number of esters is 1. The van der Waals surface area contributed by atoms with E-state index in [9.17, 15) is 4.79 Å². The van der Waals surface area contributed by atoms with Crippen LogP contribution in [0.25, 0.3) is 0 Å². The van der Waals surface area contributed by atoms with Gasteiger partial charge in [-0.05, 0) is 32.2 Å². The van der Waals surface area contributed by atoms with Gasteiger partial charge in [0.2, 0.25) is 0 Å². The lowest BCUT2D eigenvalue weighted by atomic mass is 9.95. The summed E-state index contributed by atoms with van der Waals surface area (Å²) < 4.78 is 10.1. The first-order chi connectivity index (χ1) is 8.24. The van der Waals surface area contributed by atoms with Crippen molar-refractivity contribution in [1.82, 2.24) is 0 Å². The van der Waals surface area contributed by atoms with Crippen molar-refractivity contribution in [3.8, 4) is 0 Å². The molecule has 0 aliphatic heterocycles. The Morgan fingerprint density at radius 1 is 1.18 bits per heavy atom.